The highest BCUT2D eigenvalue weighted by molar-refractivity contribution is 7.80. The first kappa shape index (κ1) is 15.4. The number of thiocarbonyl (C=S) groups is 1. The Morgan fingerprint density at radius 2 is 2.22 bits per heavy atom. The number of nitrogens with one attached hydrogen (secondary N) is 1. The van der Waals surface area contributed by atoms with E-state index in [9.17, 15) is 4.79 Å². The molecule has 0 aromatic heterocycles. The van der Waals surface area contributed by atoms with Crippen molar-refractivity contribution in [2.24, 2.45) is 11.1 Å². The minimum absolute atomic E-state index is 0.0693. The van der Waals surface area contributed by atoms with Crippen LogP contribution in [-0.4, -0.2) is 29.1 Å². The van der Waals surface area contributed by atoms with E-state index in [1.54, 1.807) is 6.92 Å². The Bertz CT molecular complexity index is 344. The van der Waals surface area contributed by atoms with Crippen LogP contribution in [0.1, 0.15) is 47.0 Å². The molecule has 1 heterocycles. The molecule has 1 fully saturated rings. The van der Waals surface area contributed by atoms with Crippen molar-refractivity contribution in [1.29, 1.82) is 0 Å². The van der Waals surface area contributed by atoms with E-state index in [4.69, 9.17) is 22.7 Å². The highest BCUT2D eigenvalue weighted by Crippen LogP contribution is 2.26. The third kappa shape index (κ3) is 3.42. The summed E-state index contributed by atoms with van der Waals surface area (Å²) in [5.74, 6) is -0.0693. The fourth-order valence-corrected chi connectivity index (χ4v) is 2.38. The molecule has 0 aromatic rings. The van der Waals surface area contributed by atoms with Crippen LogP contribution in [0.25, 0.3) is 0 Å². The van der Waals surface area contributed by atoms with E-state index in [1.807, 2.05) is 20.8 Å². The Morgan fingerprint density at radius 1 is 1.61 bits per heavy atom. The number of hydrogen-bond acceptors (Lipinski definition) is 3. The second-order valence-electron chi connectivity index (χ2n) is 5.82. The average Bonchev–Trinajstić information content (AvgIpc) is 2.26. The average molecular weight is 272 g/mol. The molecule has 3 N–H and O–H groups in total. The first-order valence-electron chi connectivity index (χ1n) is 6.46. The first-order chi connectivity index (χ1) is 8.21. The Morgan fingerprint density at radius 3 is 2.67 bits per heavy atom. The van der Waals surface area contributed by atoms with E-state index in [0.717, 1.165) is 12.8 Å². The van der Waals surface area contributed by atoms with E-state index in [-0.39, 0.29) is 22.5 Å². The number of nitrogens with two attached hydrogens (primary N) is 1. The van der Waals surface area contributed by atoms with E-state index in [1.165, 1.54) is 0 Å². The monoisotopic (exact) mass is 272 g/mol. The number of hydrogen-bond donors (Lipinski definition) is 2. The number of ether oxygens (including phenoxy) is 1. The molecule has 1 aliphatic heterocycles. The molecule has 1 amide bonds. The summed E-state index contributed by atoms with van der Waals surface area (Å²) in [6.07, 6.45) is 2.27. The van der Waals surface area contributed by atoms with Gasteiger partial charge in [-0.25, -0.2) is 0 Å². The number of carbonyl (C=O) groups is 1. The largest absolute Gasteiger partial charge is 0.392 e. The van der Waals surface area contributed by atoms with Gasteiger partial charge in [-0.1, -0.05) is 19.1 Å². The standard InChI is InChI=1S/C13H24N2O2S/c1-5-13(4,10(14)18)11(16)15-9-6-7-17-12(2,3)8-9/h9H,5-8H2,1-4H3,(H2,14,18)(H,15,16). The molecule has 1 aliphatic rings. The van der Waals surface area contributed by atoms with Crippen molar-refractivity contribution in [2.75, 3.05) is 6.61 Å². The van der Waals surface area contributed by atoms with Gasteiger partial charge in [0.15, 0.2) is 0 Å². The van der Waals surface area contributed by atoms with Crippen LogP contribution in [0.4, 0.5) is 0 Å². The van der Waals surface area contributed by atoms with Crippen LogP contribution in [-0.2, 0) is 9.53 Å². The zero-order chi connectivity index (χ0) is 14.0. The van der Waals surface area contributed by atoms with Crippen LogP contribution >= 0.6 is 12.2 Å². The highest BCUT2D eigenvalue weighted by atomic mass is 32.1. The van der Waals surface area contributed by atoms with Crippen molar-refractivity contribution in [3.63, 3.8) is 0 Å². The molecule has 0 spiro atoms. The quantitative estimate of drug-likeness (QED) is 0.766. The minimum Gasteiger partial charge on any atom is -0.392 e. The third-order valence-corrected chi connectivity index (χ3v) is 4.23. The summed E-state index contributed by atoms with van der Waals surface area (Å²) in [7, 11) is 0. The molecule has 18 heavy (non-hydrogen) atoms. The lowest BCUT2D eigenvalue weighted by molar-refractivity contribution is -0.130. The van der Waals surface area contributed by atoms with Crippen LogP contribution < -0.4 is 11.1 Å². The van der Waals surface area contributed by atoms with Gasteiger partial charge in [-0.2, -0.15) is 0 Å². The van der Waals surface area contributed by atoms with Gasteiger partial charge in [-0.3, -0.25) is 4.79 Å². The molecule has 1 saturated heterocycles. The van der Waals surface area contributed by atoms with E-state index in [0.29, 0.717) is 13.0 Å². The third-order valence-electron chi connectivity index (χ3n) is 3.78. The summed E-state index contributed by atoms with van der Waals surface area (Å²) in [6.45, 7) is 8.48. The van der Waals surface area contributed by atoms with Crippen molar-refractivity contribution in [2.45, 2.75) is 58.6 Å². The molecule has 2 atom stereocenters. The SMILES string of the molecule is CCC(C)(C(=O)NC1CCOC(C)(C)C1)C(N)=S. The molecule has 4 nitrogen and oxygen atoms in total. The Kier molecular flexibility index (Phi) is 4.72. The van der Waals surface area contributed by atoms with Crippen molar-refractivity contribution in [3.05, 3.63) is 0 Å². The Balaban J connectivity index is 2.67. The van der Waals surface area contributed by atoms with Crippen LogP contribution in [0.15, 0.2) is 0 Å². The van der Waals surface area contributed by atoms with Crippen molar-refractivity contribution >= 4 is 23.1 Å². The van der Waals surface area contributed by atoms with E-state index < -0.39 is 5.41 Å². The fourth-order valence-electron chi connectivity index (χ4n) is 2.15. The second-order valence-corrected chi connectivity index (χ2v) is 6.26. The van der Waals surface area contributed by atoms with Gasteiger partial charge >= 0.3 is 0 Å². The number of rotatable bonds is 4. The fraction of sp³-hybridized carbons (Fsp3) is 0.846. The summed E-state index contributed by atoms with van der Waals surface area (Å²) in [6, 6.07) is 0.140. The lowest BCUT2D eigenvalue weighted by Gasteiger charge is -2.37. The summed E-state index contributed by atoms with van der Waals surface area (Å²) in [4.78, 5) is 12.6. The summed E-state index contributed by atoms with van der Waals surface area (Å²) < 4.78 is 5.63. The lowest BCUT2D eigenvalue weighted by Crippen LogP contribution is -2.52. The number of carbonyl (C=O) groups excluding carboxylic acids is 1. The summed E-state index contributed by atoms with van der Waals surface area (Å²) in [5.41, 5.74) is 4.76. The molecular formula is C13H24N2O2S. The maximum absolute atomic E-state index is 12.3. The molecule has 0 saturated carbocycles. The maximum Gasteiger partial charge on any atom is 0.232 e. The Labute approximate surface area is 115 Å². The van der Waals surface area contributed by atoms with Gasteiger partial charge in [-0.15, -0.1) is 0 Å². The van der Waals surface area contributed by atoms with Crippen LogP contribution in [0.2, 0.25) is 0 Å². The normalized spacial score (nSPS) is 26.1. The molecule has 0 aromatic carbocycles. The summed E-state index contributed by atoms with van der Waals surface area (Å²) >= 11 is 5.01. The zero-order valence-corrected chi connectivity index (χ0v) is 12.5. The molecule has 1 rings (SSSR count). The second kappa shape index (κ2) is 5.53. The van der Waals surface area contributed by atoms with E-state index >= 15 is 0 Å². The van der Waals surface area contributed by atoms with Crippen LogP contribution in [0, 0.1) is 5.41 Å². The maximum atomic E-state index is 12.3. The lowest BCUT2D eigenvalue weighted by atomic mass is 9.85. The molecular weight excluding hydrogens is 248 g/mol. The predicted octanol–water partition coefficient (Wildman–Crippen LogP) is 1.76. The topological polar surface area (TPSA) is 64.3 Å². The minimum atomic E-state index is -0.752. The van der Waals surface area contributed by atoms with Crippen molar-refractivity contribution in [3.8, 4) is 0 Å². The molecule has 104 valence electrons. The van der Waals surface area contributed by atoms with Gasteiger partial charge in [0, 0.05) is 12.6 Å². The van der Waals surface area contributed by atoms with Gasteiger partial charge in [0.05, 0.1) is 16.0 Å². The van der Waals surface area contributed by atoms with Gasteiger partial charge in [0.2, 0.25) is 5.91 Å². The smallest absolute Gasteiger partial charge is 0.232 e. The summed E-state index contributed by atoms with van der Waals surface area (Å²) in [5, 5.41) is 3.06. The molecule has 0 aliphatic carbocycles. The molecule has 0 radical (unpaired) electrons. The first-order valence-corrected chi connectivity index (χ1v) is 6.87. The molecule has 2 unspecified atom stereocenters. The predicted molar refractivity (Wildman–Crippen MR) is 76.4 cm³/mol. The number of amides is 1. The van der Waals surface area contributed by atoms with Gasteiger partial charge in [0.25, 0.3) is 0 Å². The van der Waals surface area contributed by atoms with Crippen molar-refractivity contribution < 1.29 is 9.53 Å². The highest BCUT2D eigenvalue weighted by Gasteiger charge is 2.37. The zero-order valence-electron chi connectivity index (χ0n) is 11.7. The van der Waals surface area contributed by atoms with E-state index in [2.05, 4.69) is 5.32 Å². The Hall–Kier alpha value is -0.680. The van der Waals surface area contributed by atoms with Crippen molar-refractivity contribution in [1.82, 2.24) is 5.32 Å². The van der Waals surface area contributed by atoms with Gasteiger partial charge in [-0.05, 0) is 40.0 Å². The molecule has 5 heteroatoms. The van der Waals surface area contributed by atoms with Crippen LogP contribution in [0.5, 0.6) is 0 Å². The molecule has 0 bridgehead atoms. The van der Waals surface area contributed by atoms with Gasteiger partial charge < -0.3 is 15.8 Å². The van der Waals surface area contributed by atoms with Crippen LogP contribution in [0.3, 0.4) is 0 Å². The van der Waals surface area contributed by atoms with Gasteiger partial charge in [0.1, 0.15) is 0 Å².